The third-order valence-corrected chi connectivity index (χ3v) is 5.16. The first-order valence-electron chi connectivity index (χ1n) is 9.13. The first-order valence-corrected chi connectivity index (χ1v) is 9.51. The number of nitrogens with zero attached hydrogens (tertiary/aromatic N) is 4. The lowest BCUT2D eigenvalue weighted by atomic mass is 10.1. The Morgan fingerprint density at radius 3 is 3.19 bits per heavy atom. The van der Waals surface area contributed by atoms with Gasteiger partial charge in [-0.3, -0.25) is 4.99 Å². The van der Waals surface area contributed by atoms with Crippen molar-refractivity contribution >= 4 is 35.3 Å². The first kappa shape index (κ1) is 17.2. The summed E-state index contributed by atoms with van der Waals surface area (Å²) in [5, 5.41) is 7.42. The summed E-state index contributed by atoms with van der Waals surface area (Å²) in [6.07, 6.45) is 5.75. The van der Waals surface area contributed by atoms with E-state index in [9.17, 15) is 0 Å². The average molecular weight is 371 g/mol. The van der Waals surface area contributed by atoms with Crippen LogP contribution in [0.25, 0.3) is 0 Å². The molecule has 1 fully saturated rings. The highest BCUT2D eigenvalue weighted by Crippen LogP contribution is 2.27. The van der Waals surface area contributed by atoms with E-state index in [1.54, 1.807) is 6.20 Å². The molecule has 2 aromatic rings. The fourth-order valence-corrected chi connectivity index (χ4v) is 3.51. The predicted molar refractivity (Wildman–Crippen MR) is 107 cm³/mol. The molecule has 0 saturated carbocycles. The summed E-state index contributed by atoms with van der Waals surface area (Å²) in [6, 6.07) is 6.67. The van der Waals surface area contributed by atoms with Gasteiger partial charge in [-0.2, -0.15) is 4.98 Å². The van der Waals surface area contributed by atoms with Crippen molar-refractivity contribution < 1.29 is 0 Å². The summed E-state index contributed by atoms with van der Waals surface area (Å²) in [5.74, 6) is 1.36. The van der Waals surface area contributed by atoms with Gasteiger partial charge < -0.3 is 15.5 Å². The molecule has 136 valence electrons. The molecular weight excluding hydrogens is 348 g/mol. The van der Waals surface area contributed by atoms with Crippen LogP contribution < -0.4 is 15.5 Å². The Bertz CT molecular complexity index is 822. The maximum Gasteiger partial charge on any atom is 0.227 e. The molecule has 1 unspecified atom stereocenters. The molecule has 1 aromatic carbocycles. The van der Waals surface area contributed by atoms with Crippen LogP contribution in [-0.2, 0) is 6.54 Å². The van der Waals surface area contributed by atoms with Gasteiger partial charge in [0.1, 0.15) is 5.02 Å². The van der Waals surface area contributed by atoms with Gasteiger partial charge >= 0.3 is 0 Å². The van der Waals surface area contributed by atoms with E-state index in [1.807, 2.05) is 12.3 Å². The van der Waals surface area contributed by atoms with Crippen LogP contribution >= 0.6 is 11.6 Å². The zero-order chi connectivity index (χ0) is 17.9. The van der Waals surface area contributed by atoms with Crippen LogP contribution in [0.1, 0.15) is 30.9 Å². The second kappa shape index (κ2) is 7.60. The summed E-state index contributed by atoms with van der Waals surface area (Å²) in [7, 11) is 0. The fraction of sp³-hybridized carbons (Fsp3) is 0.421. The van der Waals surface area contributed by atoms with E-state index in [-0.39, 0.29) is 0 Å². The maximum atomic E-state index is 6.35. The van der Waals surface area contributed by atoms with Crippen LogP contribution in [0.5, 0.6) is 0 Å². The van der Waals surface area contributed by atoms with Crippen LogP contribution in [0.3, 0.4) is 0 Å². The van der Waals surface area contributed by atoms with Gasteiger partial charge in [-0.1, -0.05) is 24.6 Å². The normalized spacial score (nSPS) is 19.3. The molecular formula is C19H23ClN6. The Morgan fingerprint density at radius 2 is 2.31 bits per heavy atom. The van der Waals surface area contributed by atoms with Crippen molar-refractivity contribution in [2.24, 2.45) is 4.99 Å². The second-order valence-corrected chi connectivity index (χ2v) is 7.14. The average Bonchev–Trinajstić information content (AvgIpc) is 2.98. The van der Waals surface area contributed by atoms with Gasteiger partial charge in [0, 0.05) is 31.0 Å². The number of aromatic nitrogens is 2. The molecule has 2 N–H and O–H groups in total. The van der Waals surface area contributed by atoms with Crippen LogP contribution in [0, 0.1) is 0 Å². The monoisotopic (exact) mass is 370 g/mol. The second-order valence-electron chi connectivity index (χ2n) is 6.73. The van der Waals surface area contributed by atoms with Crippen LogP contribution in [0.2, 0.25) is 5.02 Å². The van der Waals surface area contributed by atoms with Crippen molar-refractivity contribution in [1.29, 1.82) is 0 Å². The highest BCUT2D eigenvalue weighted by Gasteiger charge is 2.19. The van der Waals surface area contributed by atoms with Gasteiger partial charge in [0.05, 0.1) is 12.7 Å². The van der Waals surface area contributed by atoms with E-state index in [2.05, 4.69) is 44.6 Å². The Hall–Kier alpha value is -2.18. The van der Waals surface area contributed by atoms with Crippen molar-refractivity contribution in [2.45, 2.75) is 32.4 Å². The summed E-state index contributed by atoms with van der Waals surface area (Å²) < 4.78 is 0. The minimum Gasteiger partial charge on any atom is -0.339 e. The summed E-state index contributed by atoms with van der Waals surface area (Å²) in [6.45, 7) is 5.85. The van der Waals surface area contributed by atoms with Gasteiger partial charge in [-0.05, 0) is 42.6 Å². The van der Waals surface area contributed by atoms with Crippen molar-refractivity contribution in [2.75, 3.05) is 29.9 Å². The lowest BCUT2D eigenvalue weighted by Gasteiger charge is -2.24. The molecule has 6 nitrogen and oxygen atoms in total. The third kappa shape index (κ3) is 3.66. The number of nitrogens with one attached hydrogen (secondary N) is 2. The molecule has 26 heavy (non-hydrogen) atoms. The SMILES string of the molecule is CCC1CN(c2ncc(Cl)c(Nc3ccc4c(c3)C=NC4)n2)CCCN1. The Kier molecular flexibility index (Phi) is 5.04. The van der Waals surface area contributed by atoms with Gasteiger partial charge in [0.25, 0.3) is 0 Å². The molecule has 0 aliphatic carbocycles. The summed E-state index contributed by atoms with van der Waals surface area (Å²) in [5.41, 5.74) is 3.34. The van der Waals surface area contributed by atoms with Crippen LogP contribution in [-0.4, -0.2) is 41.9 Å². The number of hydrogen-bond donors (Lipinski definition) is 2. The van der Waals surface area contributed by atoms with Crippen molar-refractivity contribution in [3.8, 4) is 0 Å². The van der Waals surface area contributed by atoms with Gasteiger partial charge in [-0.15, -0.1) is 0 Å². The molecule has 7 heteroatoms. The largest absolute Gasteiger partial charge is 0.339 e. The van der Waals surface area contributed by atoms with Crippen molar-refractivity contribution in [3.63, 3.8) is 0 Å². The molecule has 2 aliphatic rings. The lowest BCUT2D eigenvalue weighted by molar-refractivity contribution is 0.527. The number of fused-ring (bicyclic) bond motifs is 1. The standard InChI is InChI=1S/C19H23ClN6/c1-2-15-12-26(7-3-6-22-15)19-23-11-17(20)18(25-19)24-16-5-4-13-9-21-10-14(13)8-16/h4-5,8,10-11,15,22H,2-3,6-7,9,12H2,1H3,(H,23,24,25). The number of aliphatic imine (C=N–C) groups is 1. The van der Waals surface area contributed by atoms with Crippen molar-refractivity contribution in [1.82, 2.24) is 15.3 Å². The van der Waals surface area contributed by atoms with E-state index in [1.165, 1.54) is 5.56 Å². The maximum absolute atomic E-state index is 6.35. The molecule has 1 aromatic heterocycles. The third-order valence-electron chi connectivity index (χ3n) is 4.89. The molecule has 0 radical (unpaired) electrons. The minimum absolute atomic E-state index is 0.462. The number of hydrogen-bond acceptors (Lipinski definition) is 6. The van der Waals surface area contributed by atoms with Gasteiger partial charge in [-0.25, -0.2) is 4.98 Å². The van der Waals surface area contributed by atoms with E-state index in [0.29, 0.717) is 16.9 Å². The molecule has 2 aliphatic heterocycles. The zero-order valence-corrected chi connectivity index (χ0v) is 15.6. The van der Waals surface area contributed by atoms with E-state index in [4.69, 9.17) is 16.6 Å². The van der Waals surface area contributed by atoms with E-state index in [0.717, 1.165) is 56.2 Å². The quantitative estimate of drug-likeness (QED) is 0.863. The molecule has 0 amide bonds. The zero-order valence-electron chi connectivity index (χ0n) is 14.9. The lowest BCUT2D eigenvalue weighted by Crippen LogP contribution is -2.37. The molecule has 1 saturated heterocycles. The highest BCUT2D eigenvalue weighted by molar-refractivity contribution is 6.32. The number of halogens is 1. The van der Waals surface area contributed by atoms with E-state index < -0.39 is 0 Å². The number of anilines is 3. The molecule has 0 spiro atoms. The fourth-order valence-electron chi connectivity index (χ4n) is 3.37. The Morgan fingerprint density at radius 1 is 1.38 bits per heavy atom. The molecule has 0 bridgehead atoms. The van der Waals surface area contributed by atoms with Gasteiger partial charge in [0.2, 0.25) is 5.95 Å². The topological polar surface area (TPSA) is 65.4 Å². The minimum atomic E-state index is 0.462. The predicted octanol–water partition coefficient (Wildman–Crippen LogP) is 3.38. The molecule has 3 heterocycles. The summed E-state index contributed by atoms with van der Waals surface area (Å²) in [4.78, 5) is 15.7. The smallest absolute Gasteiger partial charge is 0.227 e. The van der Waals surface area contributed by atoms with Crippen LogP contribution in [0.15, 0.2) is 29.4 Å². The van der Waals surface area contributed by atoms with Gasteiger partial charge in [0.15, 0.2) is 5.82 Å². The Labute approximate surface area is 158 Å². The number of benzene rings is 1. The highest BCUT2D eigenvalue weighted by atomic mass is 35.5. The molecule has 4 rings (SSSR count). The van der Waals surface area contributed by atoms with Crippen molar-refractivity contribution in [3.05, 3.63) is 40.5 Å². The molecule has 1 atom stereocenters. The number of rotatable bonds is 4. The van der Waals surface area contributed by atoms with Crippen LogP contribution in [0.4, 0.5) is 17.5 Å². The van der Waals surface area contributed by atoms with E-state index >= 15 is 0 Å². The first-order chi connectivity index (χ1) is 12.7. The Balaban J connectivity index is 1.57. The summed E-state index contributed by atoms with van der Waals surface area (Å²) >= 11 is 6.35.